The molecule has 2 heteroatoms. The van der Waals surface area contributed by atoms with Crippen molar-refractivity contribution in [1.82, 2.24) is 5.32 Å². The Kier molecular flexibility index (Phi) is 3.74. The van der Waals surface area contributed by atoms with Gasteiger partial charge in [-0.3, -0.25) is 0 Å². The molecule has 0 radical (unpaired) electrons. The van der Waals surface area contributed by atoms with Crippen molar-refractivity contribution in [2.24, 2.45) is 11.3 Å². The molecule has 2 N–H and O–H groups in total. The second-order valence-corrected chi connectivity index (χ2v) is 5.29. The molecular formula is C11H23NO. The normalized spacial score (nSPS) is 33.2. The van der Waals surface area contributed by atoms with Crippen LogP contribution in [0.25, 0.3) is 0 Å². The second kappa shape index (κ2) is 4.43. The molecule has 0 bridgehead atoms. The molecule has 0 aromatic carbocycles. The van der Waals surface area contributed by atoms with Gasteiger partial charge in [0.25, 0.3) is 0 Å². The monoisotopic (exact) mass is 185 g/mol. The van der Waals surface area contributed by atoms with Gasteiger partial charge in [-0.25, -0.2) is 0 Å². The summed E-state index contributed by atoms with van der Waals surface area (Å²) in [5, 5.41) is 12.1. The highest BCUT2D eigenvalue weighted by molar-refractivity contribution is 4.86. The van der Waals surface area contributed by atoms with E-state index in [1.807, 2.05) is 0 Å². The molecule has 0 spiro atoms. The number of hydrogen-bond acceptors (Lipinski definition) is 2. The van der Waals surface area contributed by atoms with E-state index in [0.29, 0.717) is 11.5 Å². The molecule has 2 atom stereocenters. The highest BCUT2D eigenvalue weighted by atomic mass is 16.3. The number of hydrogen-bond donors (Lipinski definition) is 2. The van der Waals surface area contributed by atoms with Crippen LogP contribution >= 0.6 is 0 Å². The summed E-state index contributed by atoms with van der Waals surface area (Å²) in [4.78, 5) is 0. The summed E-state index contributed by atoms with van der Waals surface area (Å²) >= 11 is 0. The van der Waals surface area contributed by atoms with Crippen LogP contribution in [0.5, 0.6) is 0 Å². The minimum absolute atomic E-state index is 0.255. The van der Waals surface area contributed by atoms with Crippen LogP contribution in [0, 0.1) is 11.3 Å². The Hall–Kier alpha value is -0.0800. The Morgan fingerprint density at radius 3 is 2.62 bits per heavy atom. The lowest BCUT2D eigenvalue weighted by Gasteiger charge is -2.39. The van der Waals surface area contributed by atoms with Crippen LogP contribution in [0.2, 0.25) is 0 Å². The molecule has 0 amide bonds. The molecule has 0 heterocycles. The minimum Gasteiger partial charge on any atom is -0.395 e. The van der Waals surface area contributed by atoms with E-state index in [-0.39, 0.29) is 6.61 Å². The van der Waals surface area contributed by atoms with E-state index in [1.165, 1.54) is 19.3 Å². The zero-order valence-corrected chi connectivity index (χ0v) is 9.14. The summed E-state index contributed by atoms with van der Waals surface area (Å²) < 4.78 is 0. The zero-order chi connectivity index (χ0) is 9.90. The fourth-order valence-corrected chi connectivity index (χ4v) is 2.77. The van der Waals surface area contributed by atoms with Crippen LogP contribution in [0.4, 0.5) is 0 Å². The van der Waals surface area contributed by atoms with Crippen molar-refractivity contribution in [2.75, 3.05) is 13.2 Å². The van der Waals surface area contributed by atoms with Crippen molar-refractivity contribution in [2.45, 2.75) is 46.1 Å². The van der Waals surface area contributed by atoms with E-state index in [0.717, 1.165) is 12.5 Å². The maximum Gasteiger partial charge on any atom is 0.0556 e. The molecule has 0 saturated heterocycles. The summed E-state index contributed by atoms with van der Waals surface area (Å²) in [6, 6.07) is 0.617. The topological polar surface area (TPSA) is 32.3 Å². The van der Waals surface area contributed by atoms with Crippen LogP contribution in [-0.4, -0.2) is 24.3 Å². The van der Waals surface area contributed by atoms with Crippen molar-refractivity contribution in [3.05, 3.63) is 0 Å². The van der Waals surface area contributed by atoms with E-state index >= 15 is 0 Å². The summed E-state index contributed by atoms with van der Waals surface area (Å²) in [5.41, 5.74) is 0.477. The Bertz CT molecular complexity index is 156. The quantitative estimate of drug-likeness (QED) is 0.702. The lowest BCUT2D eigenvalue weighted by Crippen LogP contribution is -2.41. The van der Waals surface area contributed by atoms with Gasteiger partial charge in [-0.1, -0.05) is 20.8 Å². The van der Waals surface area contributed by atoms with Crippen LogP contribution in [0.15, 0.2) is 0 Å². The Morgan fingerprint density at radius 2 is 2.08 bits per heavy atom. The predicted molar refractivity (Wildman–Crippen MR) is 55.7 cm³/mol. The summed E-state index contributed by atoms with van der Waals surface area (Å²) in [6.07, 6.45) is 3.85. The molecule has 1 fully saturated rings. The Morgan fingerprint density at radius 1 is 1.38 bits per heavy atom. The molecule has 1 rings (SSSR count). The standard InChI is InChI=1S/C11H23NO/c1-9-6-10(12-4-5-13)8-11(2,3)7-9/h9-10,12-13H,4-8H2,1-3H3/t9-,10+/m0/s1. The van der Waals surface area contributed by atoms with Gasteiger partial charge in [-0.15, -0.1) is 0 Å². The third-order valence-corrected chi connectivity index (χ3v) is 2.93. The fraction of sp³-hybridized carbons (Fsp3) is 1.00. The van der Waals surface area contributed by atoms with E-state index in [9.17, 15) is 0 Å². The van der Waals surface area contributed by atoms with Crippen molar-refractivity contribution in [3.63, 3.8) is 0 Å². The molecule has 1 aliphatic rings. The predicted octanol–water partition coefficient (Wildman–Crippen LogP) is 1.78. The third-order valence-electron chi connectivity index (χ3n) is 2.93. The molecule has 0 aromatic rings. The summed E-state index contributed by atoms with van der Waals surface area (Å²) in [7, 11) is 0. The highest BCUT2D eigenvalue weighted by Gasteiger charge is 2.31. The molecule has 1 saturated carbocycles. The molecule has 1 aliphatic carbocycles. The molecule has 0 aliphatic heterocycles. The molecule has 2 nitrogen and oxygen atoms in total. The number of aliphatic hydroxyl groups excluding tert-OH is 1. The average molecular weight is 185 g/mol. The zero-order valence-electron chi connectivity index (χ0n) is 9.14. The van der Waals surface area contributed by atoms with Gasteiger partial charge in [0, 0.05) is 12.6 Å². The minimum atomic E-state index is 0.255. The first-order valence-corrected chi connectivity index (χ1v) is 5.38. The molecular weight excluding hydrogens is 162 g/mol. The lowest BCUT2D eigenvalue weighted by atomic mass is 9.70. The van der Waals surface area contributed by atoms with Crippen LogP contribution in [-0.2, 0) is 0 Å². The lowest BCUT2D eigenvalue weighted by molar-refractivity contribution is 0.146. The molecule has 78 valence electrons. The van der Waals surface area contributed by atoms with E-state index in [2.05, 4.69) is 26.1 Å². The molecule has 0 unspecified atom stereocenters. The van der Waals surface area contributed by atoms with Gasteiger partial charge in [0.15, 0.2) is 0 Å². The van der Waals surface area contributed by atoms with Crippen molar-refractivity contribution in [1.29, 1.82) is 0 Å². The van der Waals surface area contributed by atoms with Gasteiger partial charge in [-0.05, 0) is 30.6 Å². The van der Waals surface area contributed by atoms with E-state index in [4.69, 9.17) is 5.11 Å². The van der Waals surface area contributed by atoms with Crippen LogP contribution in [0.3, 0.4) is 0 Å². The maximum atomic E-state index is 8.73. The Balaban J connectivity index is 2.38. The van der Waals surface area contributed by atoms with Gasteiger partial charge in [0.2, 0.25) is 0 Å². The number of nitrogens with one attached hydrogen (secondary N) is 1. The van der Waals surface area contributed by atoms with Crippen LogP contribution in [0.1, 0.15) is 40.0 Å². The number of aliphatic hydroxyl groups is 1. The largest absolute Gasteiger partial charge is 0.395 e. The summed E-state index contributed by atoms with van der Waals surface area (Å²) in [5.74, 6) is 0.819. The van der Waals surface area contributed by atoms with E-state index in [1.54, 1.807) is 0 Å². The second-order valence-electron chi connectivity index (χ2n) is 5.29. The molecule has 0 aromatic heterocycles. The van der Waals surface area contributed by atoms with Crippen LogP contribution < -0.4 is 5.32 Å². The van der Waals surface area contributed by atoms with Crippen molar-refractivity contribution < 1.29 is 5.11 Å². The first kappa shape index (κ1) is 11.0. The summed E-state index contributed by atoms with van der Waals surface area (Å²) in [6.45, 7) is 8.01. The average Bonchev–Trinajstić information content (AvgIpc) is 1.97. The highest BCUT2D eigenvalue weighted by Crippen LogP contribution is 2.38. The Labute approximate surface area is 81.7 Å². The van der Waals surface area contributed by atoms with Gasteiger partial charge < -0.3 is 10.4 Å². The van der Waals surface area contributed by atoms with E-state index < -0.39 is 0 Å². The van der Waals surface area contributed by atoms with Crippen molar-refractivity contribution >= 4 is 0 Å². The smallest absolute Gasteiger partial charge is 0.0556 e. The van der Waals surface area contributed by atoms with Crippen molar-refractivity contribution in [3.8, 4) is 0 Å². The molecule has 13 heavy (non-hydrogen) atoms. The fourth-order valence-electron chi connectivity index (χ4n) is 2.77. The SMILES string of the molecule is C[C@H]1C[C@@H](NCCO)CC(C)(C)C1. The van der Waals surface area contributed by atoms with Gasteiger partial charge in [0.1, 0.15) is 0 Å². The third kappa shape index (κ3) is 3.65. The maximum absolute atomic E-state index is 8.73. The van der Waals surface area contributed by atoms with Gasteiger partial charge >= 0.3 is 0 Å². The van der Waals surface area contributed by atoms with Gasteiger partial charge in [-0.2, -0.15) is 0 Å². The first-order valence-electron chi connectivity index (χ1n) is 5.38. The number of rotatable bonds is 3. The van der Waals surface area contributed by atoms with Gasteiger partial charge in [0.05, 0.1) is 6.61 Å². The first-order chi connectivity index (χ1) is 6.03.